The Bertz CT molecular complexity index is 3540. The summed E-state index contributed by atoms with van der Waals surface area (Å²) in [6.45, 7) is 53.5. The Hall–Kier alpha value is -5.65. The van der Waals surface area contributed by atoms with Gasteiger partial charge in [-0.25, -0.2) is 18.3 Å². The minimum Gasteiger partial charge on any atom is -0.201 e. The maximum Gasteiger partial charge on any atom is 0.212 e. The van der Waals surface area contributed by atoms with E-state index >= 15 is 0 Å². The van der Waals surface area contributed by atoms with Crippen molar-refractivity contribution < 1.29 is 18.3 Å². The van der Waals surface area contributed by atoms with Crippen molar-refractivity contribution in [2.24, 2.45) is 34.1 Å². The van der Waals surface area contributed by atoms with Crippen molar-refractivity contribution in [3.8, 4) is 45.0 Å². The summed E-state index contributed by atoms with van der Waals surface area (Å²) in [5.74, 6) is 1.95. The molecular formula is C77H114N4Si4+4. The summed E-state index contributed by atoms with van der Waals surface area (Å²) >= 11 is 0. The zero-order chi connectivity index (χ0) is 63.7. The molecule has 4 nitrogen and oxygen atoms in total. The van der Waals surface area contributed by atoms with Crippen LogP contribution >= 0.6 is 0 Å². The van der Waals surface area contributed by atoms with Crippen LogP contribution in [-0.2, 0) is 34.6 Å². The molecule has 0 spiro atoms. The first-order chi connectivity index (χ1) is 39.4. The summed E-state index contributed by atoms with van der Waals surface area (Å²) in [4.78, 5) is 0. The van der Waals surface area contributed by atoms with Crippen LogP contribution in [0.3, 0.4) is 0 Å². The third kappa shape index (κ3) is 19.2. The van der Waals surface area contributed by atoms with E-state index < -0.39 is 32.3 Å². The van der Waals surface area contributed by atoms with Crippen molar-refractivity contribution in [1.29, 1.82) is 0 Å². The molecule has 8 aromatic rings. The van der Waals surface area contributed by atoms with E-state index in [1.54, 1.807) is 0 Å². The molecule has 0 aliphatic carbocycles. The van der Waals surface area contributed by atoms with Crippen LogP contribution in [0.5, 0.6) is 0 Å². The van der Waals surface area contributed by atoms with Gasteiger partial charge in [0.1, 0.15) is 28.2 Å². The minimum absolute atomic E-state index is 0.583. The first kappa shape index (κ1) is 70.1. The summed E-state index contributed by atoms with van der Waals surface area (Å²) < 4.78 is 8.97. The van der Waals surface area contributed by atoms with Crippen molar-refractivity contribution in [3.05, 3.63) is 191 Å². The van der Waals surface area contributed by atoms with Crippen LogP contribution in [0.1, 0.15) is 111 Å². The van der Waals surface area contributed by atoms with Crippen molar-refractivity contribution in [1.82, 2.24) is 0 Å². The van der Waals surface area contributed by atoms with Crippen LogP contribution in [0.4, 0.5) is 0 Å². The lowest BCUT2D eigenvalue weighted by molar-refractivity contribution is -0.660. The van der Waals surface area contributed by atoms with E-state index in [9.17, 15) is 0 Å². The topological polar surface area (TPSA) is 15.5 Å². The van der Waals surface area contributed by atoms with Crippen molar-refractivity contribution in [2.45, 2.75) is 186 Å². The number of hydrogen-bond acceptors (Lipinski definition) is 0. The Morgan fingerprint density at radius 2 is 0.682 bits per heavy atom. The lowest BCUT2D eigenvalue weighted by atomic mass is 9.90. The molecule has 0 bridgehead atoms. The molecule has 4 heterocycles. The van der Waals surface area contributed by atoms with Gasteiger partial charge in [0.25, 0.3) is 0 Å². The highest BCUT2D eigenvalue weighted by Gasteiger charge is 2.26. The molecule has 0 aliphatic rings. The Morgan fingerprint density at radius 3 is 1.01 bits per heavy atom. The van der Waals surface area contributed by atoms with Gasteiger partial charge in [0, 0.05) is 70.8 Å². The first-order valence-electron chi connectivity index (χ1n) is 31.8. The molecule has 0 fully saturated rings. The Labute approximate surface area is 523 Å². The van der Waals surface area contributed by atoms with E-state index in [1.807, 2.05) is 0 Å². The number of pyridine rings is 4. The first-order valence-corrected chi connectivity index (χ1v) is 45.8. The molecule has 4 aromatic heterocycles. The zero-order valence-corrected chi connectivity index (χ0v) is 62.5. The summed E-state index contributed by atoms with van der Waals surface area (Å²) in [5, 5.41) is 6.08. The summed E-state index contributed by atoms with van der Waals surface area (Å²) in [6.07, 6.45) is 12.4. The van der Waals surface area contributed by atoms with E-state index in [2.05, 4.69) is 347 Å². The number of nitrogens with zero attached hydrogens (tertiary/aromatic N) is 4. The fraction of sp³-hybridized carbons (Fsp3) is 0.429. The second-order valence-corrected chi connectivity index (χ2v) is 49.8. The van der Waals surface area contributed by atoms with Crippen LogP contribution in [0.15, 0.2) is 146 Å². The molecule has 4 aromatic carbocycles. The largest absolute Gasteiger partial charge is 0.212 e. The number of aryl methyl sites for hydroxylation is 9. The minimum atomic E-state index is -1.30. The lowest BCUT2D eigenvalue weighted by Gasteiger charge is -2.18. The fourth-order valence-electron chi connectivity index (χ4n) is 11.2. The van der Waals surface area contributed by atoms with Gasteiger partial charge in [-0.05, 0) is 156 Å². The molecule has 0 aliphatic heterocycles. The van der Waals surface area contributed by atoms with Crippen LogP contribution in [0, 0.1) is 40.5 Å². The maximum atomic E-state index is 2.43. The van der Waals surface area contributed by atoms with Gasteiger partial charge in [0.15, 0.2) is 24.8 Å². The Kier molecular flexibility index (Phi) is 24.2. The van der Waals surface area contributed by atoms with Gasteiger partial charge in [0.2, 0.25) is 22.8 Å². The highest BCUT2D eigenvalue weighted by Crippen LogP contribution is 2.30. The smallest absolute Gasteiger partial charge is 0.201 e. The molecule has 454 valence electrons. The van der Waals surface area contributed by atoms with E-state index in [-0.39, 0.29) is 0 Å². The molecule has 0 saturated carbocycles. The summed E-state index contributed by atoms with van der Waals surface area (Å²) in [7, 11) is 3.44. The summed E-state index contributed by atoms with van der Waals surface area (Å²) in [6, 6.07) is 46.3. The van der Waals surface area contributed by atoms with E-state index in [1.165, 1.54) is 123 Å². The third-order valence-corrected chi connectivity index (χ3v) is 25.3. The molecule has 85 heavy (non-hydrogen) atoms. The molecule has 0 unspecified atom stereocenters. The maximum absolute atomic E-state index is 2.43. The quantitative estimate of drug-likeness (QED) is 0.0762. The van der Waals surface area contributed by atoms with Gasteiger partial charge in [-0.1, -0.05) is 174 Å². The number of aromatic nitrogens is 4. The van der Waals surface area contributed by atoms with Crippen LogP contribution in [-0.4, -0.2) is 32.3 Å². The van der Waals surface area contributed by atoms with E-state index in [4.69, 9.17) is 0 Å². The SMILES string of the molecule is CCC(CC)c1ccc(C)c(-c2cc([Si](C)(C)C)cc[n+]2C)c1.Cc1cc(C(C)C)ccc1-c1cc([Si](C)(C)C)cc[n+]1C.Cc1cc(CC(C)C)ccc1-c1cc([Si](C)(C)C)cc[n+]1C.Cc1ccc(-c2cc([Si](C)(C)C)cc[n+]2C)c(C)c1. The van der Waals surface area contributed by atoms with Crippen LogP contribution < -0.4 is 39.0 Å². The van der Waals surface area contributed by atoms with Gasteiger partial charge in [-0.15, -0.1) is 0 Å². The summed E-state index contributed by atoms with van der Waals surface area (Å²) in [5.41, 5.74) is 21.9. The van der Waals surface area contributed by atoms with Gasteiger partial charge in [0.05, 0.1) is 32.3 Å². The van der Waals surface area contributed by atoms with Crippen molar-refractivity contribution in [3.63, 3.8) is 0 Å². The molecule has 8 heteroatoms. The highest BCUT2D eigenvalue weighted by molar-refractivity contribution is 6.90. The lowest BCUT2D eigenvalue weighted by Crippen LogP contribution is -2.42. The molecule has 0 saturated heterocycles. The molecule has 0 N–H and O–H groups in total. The molecular weight excluding hydrogens is 1090 g/mol. The average molecular weight is 1210 g/mol. The normalized spacial score (nSPS) is 11.9. The number of benzene rings is 4. The molecule has 0 atom stereocenters. The van der Waals surface area contributed by atoms with Gasteiger partial charge < -0.3 is 0 Å². The van der Waals surface area contributed by atoms with Crippen molar-refractivity contribution in [2.75, 3.05) is 0 Å². The van der Waals surface area contributed by atoms with Gasteiger partial charge in [-0.3, -0.25) is 0 Å². The van der Waals surface area contributed by atoms with Crippen molar-refractivity contribution >= 4 is 53.0 Å². The third-order valence-electron chi connectivity index (χ3n) is 17.1. The predicted molar refractivity (Wildman–Crippen MR) is 384 cm³/mol. The van der Waals surface area contributed by atoms with E-state index in [0.29, 0.717) is 17.8 Å². The molecule has 0 radical (unpaired) electrons. The van der Waals surface area contributed by atoms with E-state index in [0.717, 1.165) is 6.42 Å². The van der Waals surface area contributed by atoms with Crippen LogP contribution in [0.2, 0.25) is 78.6 Å². The average Bonchev–Trinajstić information content (AvgIpc) is 1.90. The Balaban J connectivity index is 0.000000208. The number of hydrogen-bond donors (Lipinski definition) is 0. The highest BCUT2D eigenvalue weighted by atomic mass is 28.3. The number of rotatable bonds is 14. The predicted octanol–water partition coefficient (Wildman–Crippen LogP) is 16.7. The Morgan fingerprint density at radius 1 is 0.341 bits per heavy atom. The second kappa shape index (κ2) is 29.4. The van der Waals surface area contributed by atoms with Gasteiger partial charge in [-0.2, -0.15) is 0 Å². The zero-order valence-electron chi connectivity index (χ0n) is 58.5. The monoisotopic (exact) mass is 1210 g/mol. The molecule has 8 rings (SSSR count). The second-order valence-electron chi connectivity index (χ2n) is 29.5. The molecule has 0 amide bonds. The van der Waals surface area contributed by atoms with Gasteiger partial charge >= 0.3 is 0 Å². The van der Waals surface area contributed by atoms with Crippen LogP contribution in [0.25, 0.3) is 45.0 Å². The standard InChI is InChI=1S/C21H32NSi.C20H30NSi.C19H28NSi.C17H24NSi/c1-8-17(9-2)18-11-10-16(3)20(14-18)21-15-19(23(5,6)7)12-13-22(21)4;1-15(2)12-17-8-9-19(16(3)13-17)20-14-18(22(5,6)7)10-11-21(20)4;1-14(2)16-8-9-18(15(3)12-16)19-13-17(21(5,6)7)10-11-20(19)4;1-13-7-8-16(14(2)11-13)17-12-15(19(4,5)6)9-10-18(17)3/h10-15,17H,8-9H2,1-7H3;8-11,13-15H,12H2,1-7H3;8-14H,1-7H3;7-12H,1-6H3/q4*+1. The fourth-order valence-corrected chi connectivity index (χ4v) is 15.8.